The summed E-state index contributed by atoms with van der Waals surface area (Å²) in [6, 6.07) is 18.4. The maximum absolute atomic E-state index is 13.2. The van der Waals surface area contributed by atoms with E-state index in [1.54, 1.807) is 0 Å². The van der Waals surface area contributed by atoms with Crippen molar-refractivity contribution in [3.8, 4) is 5.75 Å². The molecule has 1 saturated carbocycles. The van der Waals surface area contributed by atoms with E-state index in [-0.39, 0.29) is 0 Å². The smallest absolute Gasteiger partial charge is 0.222 e. The van der Waals surface area contributed by atoms with Crippen LogP contribution in [0.15, 0.2) is 54.6 Å². The molecule has 0 spiro atoms. The van der Waals surface area contributed by atoms with Gasteiger partial charge >= 0.3 is 0 Å². The SMILES string of the molecule is O=C(CCC1CCCC1)N(CCCN1CCOCC1)Cc1ccc(OCc2ccccc2)cc1. The largest absolute Gasteiger partial charge is 0.489 e. The number of ether oxygens (including phenoxy) is 2. The summed E-state index contributed by atoms with van der Waals surface area (Å²) in [5.74, 6) is 1.91. The Morgan fingerprint density at radius 3 is 2.44 bits per heavy atom. The summed E-state index contributed by atoms with van der Waals surface area (Å²) in [6.07, 6.45) is 8.00. The molecule has 1 aliphatic heterocycles. The highest BCUT2D eigenvalue weighted by Crippen LogP contribution is 2.29. The summed E-state index contributed by atoms with van der Waals surface area (Å²) in [5, 5.41) is 0. The van der Waals surface area contributed by atoms with Gasteiger partial charge in [0.05, 0.1) is 13.2 Å². The lowest BCUT2D eigenvalue weighted by molar-refractivity contribution is -0.132. The van der Waals surface area contributed by atoms with Gasteiger partial charge in [-0.05, 0) is 42.0 Å². The molecule has 2 aromatic rings. The van der Waals surface area contributed by atoms with Crippen molar-refractivity contribution in [2.75, 3.05) is 39.4 Å². The zero-order valence-corrected chi connectivity index (χ0v) is 20.5. The maximum atomic E-state index is 13.2. The molecule has 0 atom stereocenters. The Morgan fingerprint density at radius 2 is 1.71 bits per heavy atom. The van der Waals surface area contributed by atoms with E-state index in [9.17, 15) is 4.79 Å². The van der Waals surface area contributed by atoms with Crippen LogP contribution in [0.25, 0.3) is 0 Å². The minimum Gasteiger partial charge on any atom is -0.489 e. The molecule has 0 aromatic heterocycles. The van der Waals surface area contributed by atoms with Gasteiger partial charge < -0.3 is 14.4 Å². The molecule has 2 aromatic carbocycles. The van der Waals surface area contributed by atoms with Crippen LogP contribution in [0.1, 0.15) is 56.1 Å². The molecule has 1 amide bonds. The summed E-state index contributed by atoms with van der Waals surface area (Å²) in [7, 11) is 0. The van der Waals surface area contributed by atoms with Gasteiger partial charge in [0.25, 0.3) is 0 Å². The molecule has 1 saturated heterocycles. The molecule has 1 heterocycles. The van der Waals surface area contributed by atoms with Gasteiger partial charge in [0.2, 0.25) is 5.91 Å². The van der Waals surface area contributed by atoms with E-state index in [0.29, 0.717) is 25.5 Å². The second-order valence-electron chi connectivity index (χ2n) is 9.73. The molecule has 5 heteroatoms. The van der Waals surface area contributed by atoms with Crippen LogP contribution in [0.3, 0.4) is 0 Å². The van der Waals surface area contributed by atoms with Crippen LogP contribution in [0.5, 0.6) is 5.75 Å². The molecule has 4 rings (SSSR count). The summed E-state index contributed by atoms with van der Waals surface area (Å²) in [6.45, 7) is 6.72. The van der Waals surface area contributed by atoms with Crippen LogP contribution < -0.4 is 4.74 Å². The Morgan fingerprint density at radius 1 is 0.971 bits per heavy atom. The molecule has 34 heavy (non-hydrogen) atoms. The van der Waals surface area contributed by atoms with Crippen LogP contribution >= 0.6 is 0 Å². The number of amides is 1. The Balaban J connectivity index is 1.29. The fourth-order valence-electron chi connectivity index (χ4n) is 5.04. The number of hydrogen-bond donors (Lipinski definition) is 0. The van der Waals surface area contributed by atoms with Crippen LogP contribution in [0.4, 0.5) is 0 Å². The van der Waals surface area contributed by atoms with Gasteiger partial charge in [-0.25, -0.2) is 0 Å². The molecule has 2 aliphatic rings. The minimum absolute atomic E-state index is 0.304. The standard InChI is InChI=1S/C29H40N2O3/c32-29(16-13-25-7-4-5-8-25)31(18-6-17-30-19-21-33-22-20-30)23-26-11-14-28(15-12-26)34-24-27-9-2-1-3-10-27/h1-3,9-12,14-15,25H,4-8,13,16-24H2. The van der Waals surface area contributed by atoms with Crippen molar-refractivity contribution < 1.29 is 14.3 Å². The Hall–Kier alpha value is -2.37. The van der Waals surface area contributed by atoms with E-state index in [1.165, 1.54) is 25.7 Å². The Kier molecular flexibility index (Phi) is 9.83. The van der Waals surface area contributed by atoms with E-state index >= 15 is 0 Å². The lowest BCUT2D eigenvalue weighted by Gasteiger charge is -2.28. The summed E-state index contributed by atoms with van der Waals surface area (Å²) in [5.41, 5.74) is 2.32. The number of carbonyl (C=O) groups excluding carboxylic acids is 1. The van der Waals surface area contributed by atoms with Gasteiger partial charge in [-0.15, -0.1) is 0 Å². The van der Waals surface area contributed by atoms with Gasteiger partial charge in [-0.3, -0.25) is 9.69 Å². The Bertz CT molecular complexity index is 843. The van der Waals surface area contributed by atoms with Crippen molar-refractivity contribution >= 4 is 5.91 Å². The zero-order valence-electron chi connectivity index (χ0n) is 20.5. The molecule has 2 fully saturated rings. The molecular formula is C29H40N2O3. The third-order valence-corrected chi connectivity index (χ3v) is 7.15. The van der Waals surface area contributed by atoms with Crippen molar-refractivity contribution in [1.82, 2.24) is 9.80 Å². The lowest BCUT2D eigenvalue weighted by Crippen LogP contribution is -2.39. The first kappa shape index (κ1) is 24.7. The monoisotopic (exact) mass is 464 g/mol. The predicted molar refractivity (Wildman–Crippen MR) is 136 cm³/mol. The molecule has 5 nitrogen and oxygen atoms in total. The topological polar surface area (TPSA) is 42.0 Å². The van der Waals surface area contributed by atoms with Crippen molar-refractivity contribution in [2.24, 2.45) is 5.92 Å². The third kappa shape index (κ3) is 8.14. The first-order chi connectivity index (χ1) is 16.8. The molecule has 1 aliphatic carbocycles. The van der Waals surface area contributed by atoms with E-state index in [1.807, 2.05) is 30.3 Å². The van der Waals surface area contributed by atoms with Crippen molar-refractivity contribution in [1.29, 1.82) is 0 Å². The fraction of sp³-hybridized carbons (Fsp3) is 0.552. The van der Waals surface area contributed by atoms with Gasteiger partial charge in [-0.1, -0.05) is 68.1 Å². The third-order valence-electron chi connectivity index (χ3n) is 7.15. The number of hydrogen-bond acceptors (Lipinski definition) is 4. The molecule has 0 bridgehead atoms. The molecule has 0 radical (unpaired) electrons. The number of rotatable bonds is 12. The van der Waals surface area contributed by atoms with E-state index < -0.39 is 0 Å². The molecule has 0 unspecified atom stereocenters. The molecule has 184 valence electrons. The van der Waals surface area contributed by atoms with Crippen LogP contribution in [0, 0.1) is 5.92 Å². The van der Waals surface area contributed by atoms with Crippen molar-refractivity contribution in [2.45, 2.75) is 58.1 Å². The Labute approximate surface area is 205 Å². The fourth-order valence-corrected chi connectivity index (χ4v) is 5.04. The van der Waals surface area contributed by atoms with Gasteiger partial charge in [-0.2, -0.15) is 0 Å². The van der Waals surface area contributed by atoms with E-state index in [0.717, 1.165) is 75.0 Å². The quantitative estimate of drug-likeness (QED) is 0.428. The van der Waals surface area contributed by atoms with Gasteiger partial charge in [0, 0.05) is 39.1 Å². The predicted octanol–water partition coefficient (Wildman–Crippen LogP) is 5.29. The summed E-state index contributed by atoms with van der Waals surface area (Å²) < 4.78 is 11.4. The zero-order chi connectivity index (χ0) is 23.4. The minimum atomic E-state index is 0.304. The van der Waals surface area contributed by atoms with Gasteiger partial charge in [0.15, 0.2) is 0 Å². The van der Waals surface area contributed by atoms with E-state index in [2.05, 4.69) is 34.1 Å². The summed E-state index contributed by atoms with van der Waals surface area (Å²) >= 11 is 0. The first-order valence-electron chi connectivity index (χ1n) is 13.1. The molecular weight excluding hydrogens is 424 g/mol. The maximum Gasteiger partial charge on any atom is 0.222 e. The second-order valence-corrected chi connectivity index (χ2v) is 9.73. The molecule has 0 N–H and O–H groups in total. The van der Waals surface area contributed by atoms with Gasteiger partial charge in [0.1, 0.15) is 12.4 Å². The first-order valence-corrected chi connectivity index (χ1v) is 13.1. The normalized spacial score (nSPS) is 17.1. The number of nitrogens with zero attached hydrogens (tertiary/aromatic N) is 2. The number of benzene rings is 2. The lowest BCUT2D eigenvalue weighted by atomic mass is 10.0. The second kappa shape index (κ2) is 13.5. The number of carbonyl (C=O) groups is 1. The highest BCUT2D eigenvalue weighted by atomic mass is 16.5. The van der Waals surface area contributed by atoms with Crippen LogP contribution in [-0.4, -0.2) is 55.1 Å². The van der Waals surface area contributed by atoms with E-state index in [4.69, 9.17) is 9.47 Å². The van der Waals surface area contributed by atoms with Crippen LogP contribution in [-0.2, 0) is 22.7 Å². The average Bonchev–Trinajstić information content (AvgIpc) is 3.41. The average molecular weight is 465 g/mol. The van der Waals surface area contributed by atoms with Crippen molar-refractivity contribution in [3.63, 3.8) is 0 Å². The highest BCUT2D eigenvalue weighted by Gasteiger charge is 2.20. The summed E-state index contributed by atoms with van der Waals surface area (Å²) in [4.78, 5) is 17.7. The highest BCUT2D eigenvalue weighted by molar-refractivity contribution is 5.76. The van der Waals surface area contributed by atoms with Crippen LogP contribution in [0.2, 0.25) is 0 Å². The number of morpholine rings is 1. The van der Waals surface area contributed by atoms with Crippen molar-refractivity contribution in [3.05, 3.63) is 65.7 Å².